The maximum absolute atomic E-state index is 12.6. The number of nitrogens with zero attached hydrogens (tertiary/aromatic N) is 1. The van der Waals surface area contributed by atoms with Gasteiger partial charge in [-0.1, -0.05) is 12.1 Å². The first-order valence-electron chi connectivity index (χ1n) is 8.19. The minimum absolute atomic E-state index is 0.127. The second kappa shape index (κ2) is 6.63. The molecule has 2 aliphatic heterocycles. The number of fused-ring (bicyclic) bond motifs is 1. The molecule has 0 spiro atoms. The average Bonchev–Trinajstić information content (AvgIpc) is 3.33. The predicted molar refractivity (Wildman–Crippen MR) is 87.0 cm³/mol. The molecule has 0 bridgehead atoms. The van der Waals surface area contributed by atoms with Crippen LogP contribution in [0.4, 0.5) is 0 Å². The van der Waals surface area contributed by atoms with Gasteiger partial charge in [-0.05, 0) is 32.9 Å². The summed E-state index contributed by atoms with van der Waals surface area (Å²) >= 11 is 0. The van der Waals surface area contributed by atoms with E-state index >= 15 is 0 Å². The normalized spacial score (nSPS) is 21.1. The lowest BCUT2D eigenvalue weighted by molar-refractivity contribution is -0.0428. The molecular weight excluding hydrogens is 310 g/mol. The number of carbonyl (C=O) groups excluding carboxylic acids is 2. The van der Waals surface area contributed by atoms with Gasteiger partial charge in [-0.25, -0.2) is 0 Å². The molecule has 1 aromatic carbocycles. The van der Waals surface area contributed by atoms with Crippen molar-refractivity contribution in [2.24, 2.45) is 0 Å². The number of rotatable bonds is 8. The van der Waals surface area contributed by atoms with Gasteiger partial charge >= 0.3 is 0 Å². The molecule has 2 atom stereocenters. The van der Waals surface area contributed by atoms with Gasteiger partial charge in [0.25, 0.3) is 11.8 Å². The SMILES string of the molecule is CC(COCC1CO1)OCC(C)(C)N1C(=O)c2ccccc2C1=O. The van der Waals surface area contributed by atoms with E-state index < -0.39 is 5.54 Å². The van der Waals surface area contributed by atoms with Crippen LogP contribution in [0.3, 0.4) is 0 Å². The fraction of sp³-hybridized carbons (Fsp3) is 0.556. The lowest BCUT2D eigenvalue weighted by Crippen LogP contribution is -2.51. The zero-order valence-electron chi connectivity index (χ0n) is 14.3. The average molecular weight is 333 g/mol. The molecule has 0 aliphatic carbocycles. The van der Waals surface area contributed by atoms with Gasteiger partial charge in [0.15, 0.2) is 0 Å². The number of benzene rings is 1. The van der Waals surface area contributed by atoms with Gasteiger partial charge in [-0.3, -0.25) is 14.5 Å². The summed E-state index contributed by atoms with van der Waals surface area (Å²) in [4.78, 5) is 26.4. The highest BCUT2D eigenvalue weighted by Gasteiger charge is 2.44. The second-order valence-corrected chi connectivity index (χ2v) is 6.92. The van der Waals surface area contributed by atoms with E-state index in [2.05, 4.69) is 0 Å². The quantitative estimate of drug-likeness (QED) is 0.537. The molecule has 2 heterocycles. The van der Waals surface area contributed by atoms with E-state index in [0.29, 0.717) is 24.3 Å². The van der Waals surface area contributed by atoms with Gasteiger partial charge in [0.1, 0.15) is 6.10 Å². The number of amides is 2. The summed E-state index contributed by atoms with van der Waals surface area (Å²) in [6, 6.07) is 6.89. The highest BCUT2D eigenvalue weighted by molar-refractivity contribution is 6.21. The monoisotopic (exact) mass is 333 g/mol. The zero-order chi connectivity index (χ0) is 17.3. The molecule has 1 fully saturated rings. The van der Waals surface area contributed by atoms with Crippen molar-refractivity contribution in [1.82, 2.24) is 4.90 Å². The zero-order valence-corrected chi connectivity index (χ0v) is 14.3. The molecule has 6 heteroatoms. The summed E-state index contributed by atoms with van der Waals surface area (Å²) in [6.45, 7) is 7.63. The Bertz CT molecular complexity index is 603. The van der Waals surface area contributed by atoms with Crippen LogP contribution < -0.4 is 0 Å². The van der Waals surface area contributed by atoms with Crippen molar-refractivity contribution in [2.75, 3.05) is 26.4 Å². The maximum Gasteiger partial charge on any atom is 0.262 e. The van der Waals surface area contributed by atoms with E-state index in [-0.39, 0.29) is 30.6 Å². The molecule has 2 amide bonds. The van der Waals surface area contributed by atoms with Crippen molar-refractivity contribution in [2.45, 2.75) is 38.5 Å². The molecule has 2 aliphatic rings. The Balaban J connectivity index is 1.57. The summed E-state index contributed by atoms with van der Waals surface area (Å²) in [6.07, 6.45) is 0.102. The number of epoxide rings is 1. The van der Waals surface area contributed by atoms with Gasteiger partial charge in [0.05, 0.1) is 49.2 Å². The van der Waals surface area contributed by atoms with Crippen LogP contribution in [0.25, 0.3) is 0 Å². The third kappa shape index (κ3) is 3.50. The molecule has 3 rings (SSSR count). The van der Waals surface area contributed by atoms with E-state index in [0.717, 1.165) is 6.61 Å². The second-order valence-electron chi connectivity index (χ2n) is 6.92. The first kappa shape index (κ1) is 17.1. The molecule has 0 N–H and O–H groups in total. The fourth-order valence-corrected chi connectivity index (χ4v) is 2.73. The van der Waals surface area contributed by atoms with Crippen LogP contribution in [0.5, 0.6) is 0 Å². The molecule has 24 heavy (non-hydrogen) atoms. The summed E-state index contributed by atoms with van der Waals surface area (Å²) in [5.74, 6) is -0.530. The van der Waals surface area contributed by atoms with Gasteiger partial charge < -0.3 is 14.2 Å². The van der Waals surface area contributed by atoms with Gasteiger partial charge in [-0.15, -0.1) is 0 Å². The van der Waals surface area contributed by atoms with Crippen LogP contribution in [0.1, 0.15) is 41.5 Å². The Morgan fingerprint density at radius 3 is 2.38 bits per heavy atom. The molecule has 1 saturated heterocycles. The van der Waals surface area contributed by atoms with Crippen LogP contribution in [0.15, 0.2) is 24.3 Å². The third-order valence-electron chi connectivity index (χ3n) is 4.18. The van der Waals surface area contributed by atoms with Crippen LogP contribution in [0, 0.1) is 0 Å². The number of hydrogen-bond donors (Lipinski definition) is 0. The summed E-state index contributed by atoms with van der Waals surface area (Å²) in [7, 11) is 0. The highest BCUT2D eigenvalue weighted by Crippen LogP contribution is 2.29. The van der Waals surface area contributed by atoms with E-state index in [4.69, 9.17) is 14.2 Å². The smallest absolute Gasteiger partial charge is 0.262 e. The minimum atomic E-state index is -0.735. The van der Waals surface area contributed by atoms with E-state index in [1.165, 1.54) is 4.90 Å². The number of hydrogen-bond acceptors (Lipinski definition) is 5. The van der Waals surface area contributed by atoms with Crippen LogP contribution in [0.2, 0.25) is 0 Å². The number of carbonyl (C=O) groups is 2. The third-order valence-corrected chi connectivity index (χ3v) is 4.18. The largest absolute Gasteiger partial charge is 0.376 e. The standard InChI is InChI=1S/C18H23NO5/c1-12(8-22-9-13-10-23-13)24-11-18(2,3)19-16(20)14-6-4-5-7-15(14)17(19)21/h4-7,12-13H,8-11H2,1-3H3. The number of ether oxygens (including phenoxy) is 3. The van der Waals surface area contributed by atoms with Gasteiger partial charge in [0, 0.05) is 0 Å². The van der Waals surface area contributed by atoms with Crippen LogP contribution >= 0.6 is 0 Å². The molecule has 1 aromatic rings. The van der Waals surface area contributed by atoms with E-state index in [9.17, 15) is 9.59 Å². The van der Waals surface area contributed by atoms with E-state index in [1.54, 1.807) is 24.3 Å². The fourth-order valence-electron chi connectivity index (χ4n) is 2.73. The maximum atomic E-state index is 12.6. The van der Waals surface area contributed by atoms with Crippen molar-refractivity contribution in [1.29, 1.82) is 0 Å². The first-order chi connectivity index (χ1) is 11.4. The van der Waals surface area contributed by atoms with Crippen molar-refractivity contribution < 1.29 is 23.8 Å². The Morgan fingerprint density at radius 2 is 1.83 bits per heavy atom. The van der Waals surface area contributed by atoms with Crippen molar-refractivity contribution in [3.8, 4) is 0 Å². The molecular formula is C18H23NO5. The summed E-state index contributed by atoms with van der Waals surface area (Å²) in [5.41, 5.74) is 0.175. The van der Waals surface area contributed by atoms with E-state index in [1.807, 2.05) is 20.8 Å². The topological polar surface area (TPSA) is 68.4 Å². The summed E-state index contributed by atoms with van der Waals surface area (Å²) < 4.78 is 16.4. The Labute approximate surface area is 141 Å². The molecule has 6 nitrogen and oxygen atoms in total. The lowest BCUT2D eigenvalue weighted by atomic mass is 10.0. The highest BCUT2D eigenvalue weighted by atomic mass is 16.6. The van der Waals surface area contributed by atoms with Crippen LogP contribution in [-0.2, 0) is 14.2 Å². The molecule has 0 aromatic heterocycles. The minimum Gasteiger partial charge on any atom is -0.376 e. The summed E-state index contributed by atoms with van der Waals surface area (Å²) in [5, 5.41) is 0. The predicted octanol–water partition coefficient (Wildman–Crippen LogP) is 1.88. The van der Waals surface area contributed by atoms with Crippen molar-refractivity contribution >= 4 is 11.8 Å². The first-order valence-corrected chi connectivity index (χ1v) is 8.19. The van der Waals surface area contributed by atoms with Crippen molar-refractivity contribution in [3.05, 3.63) is 35.4 Å². The molecule has 130 valence electrons. The lowest BCUT2D eigenvalue weighted by Gasteiger charge is -2.34. The Hall–Kier alpha value is -1.76. The number of imide groups is 1. The van der Waals surface area contributed by atoms with Gasteiger partial charge in [-0.2, -0.15) is 0 Å². The molecule has 0 radical (unpaired) electrons. The molecule has 0 saturated carbocycles. The van der Waals surface area contributed by atoms with Crippen LogP contribution in [-0.4, -0.2) is 60.9 Å². The van der Waals surface area contributed by atoms with Gasteiger partial charge in [0.2, 0.25) is 0 Å². The molecule has 2 unspecified atom stereocenters. The Morgan fingerprint density at radius 1 is 1.25 bits per heavy atom. The Kier molecular flexibility index (Phi) is 4.71. The van der Waals surface area contributed by atoms with Crippen molar-refractivity contribution in [3.63, 3.8) is 0 Å².